The quantitative estimate of drug-likeness (QED) is 0.700. The maximum Gasteiger partial charge on any atom is 0.257 e. The molecule has 3 heterocycles. The molecule has 3 aromatic rings. The highest BCUT2D eigenvalue weighted by molar-refractivity contribution is 6.04. The molecule has 1 aliphatic rings. The van der Waals surface area contributed by atoms with Gasteiger partial charge in [-0.15, -0.1) is 12.4 Å². The summed E-state index contributed by atoms with van der Waals surface area (Å²) in [6.07, 6.45) is 3.10. The van der Waals surface area contributed by atoms with Crippen LogP contribution in [-0.4, -0.2) is 41.5 Å². The third-order valence-corrected chi connectivity index (χ3v) is 4.57. The summed E-state index contributed by atoms with van der Waals surface area (Å²) in [5, 5.41) is 5.75. The standard InChI is InChI=1S/C19H19F2N5O.ClH/c1-12-10-26-11-13(8-16(21)18(26)23-12)19(27)24-17-3-2-14(9-15(17)20)25-6-4-22-5-7-25;/h2-3,8-11,22H,4-7H2,1H3,(H,24,27);1H. The molecule has 2 N–H and O–H groups in total. The molecule has 2 aromatic heterocycles. The lowest BCUT2D eigenvalue weighted by Crippen LogP contribution is -2.43. The number of benzene rings is 1. The number of rotatable bonds is 3. The number of carbonyl (C=O) groups is 1. The SMILES string of the molecule is Cc1cn2cc(C(=O)Nc3ccc(N4CCNCC4)cc3F)cc(F)c2n1.Cl. The van der Waals surface area contributed by atoms with Crippen molar-refractivity contribution in [2.75, 3.05) is 36.4 Å². The van der Waals surface area contributed by atoms with Gasteiger partial charge in [-0.1, -0.05) is 0 Å². The molecule has 0 spiro atoms. The number of amides is 1. The number of fused-ring (bicyclic) bond motifs is 1. The average molecular weight is 408 g/mol. The van der Waals surface area contributed by atoms with Crippen molar-refractivity contribution in [1.29, 1.82) is 0 Å². The monoisotopic (exact) mass is 407 g/mol. The van der Waals surface area contributed by atoms with E-state index < -0.39 is 17.5 Å². The van der Waals surface area contributed by atoms with Crippen molar-refractivity contribution in [3.05, 3.63) is 59.6 Å². The lowest BCUT2D eigenvalue weighted by atomic mass is 10.2. The summed E-state index contributed by atoms with van der Waals surface area (Å²) in [6.45, 7) is 5.04. The second-order valence-corrected chi connectivity index (χ2v) is 6.55. The minimum atomic E-state index is -0.606. The number of piperazine rings is 1. The molecule has 0 saturated carbocycles. The summed E-state index contributed by atoms with van der Waals surface area (Å²) in [4.78, 5) is 18.6. The van der Waals surface area contributed by atoms with E-state index in [1.165, 1.54) is 22.7 Å². The Kier molecular flexibility index (Phi) is 5.81. The normalized spacial score (nSPS) is 14.0. The Morgan fingerprint density at radius 3 is 2.61 bits per heavy atom. The zero-order chi connectivity index (χ0) is 19.0. The Morgan fingerprint density at radius 1 is 1.14 bits per heavy atom. The van der Waals surface area contributed by atoms with Crippen molar-refractivity contribution in [3.8, 4) is 0 Å². The first kappa shape index (κ1) is 20.0. The van der Waals surface area contributed by atoms with Crippen LogP contribution in [0.4, 0.5) is 20.2 Å². The van der Waals surface area contributed by atoms with Gasteiger partial charge in [0, 0.05) is 44.3 Å². The number of pyridine rings is 1. The molecule has 0 radical (unpaired) electrons. The van der Waals surface area contributed by atoms with Crippen LogP contribution in [0.5, 0.6) is 0 Å². The van der Waals surface area contributed by atoms with Gasteiger partial charge in [-0.05, 0) is 31.2 Å². The molecule has 1 saturated heterocycles. The van der Waals surface area contributed by atoms with E-state index in [9.17, 15) is 13.6 Å². The van der Waals surface area contributed by atoms with Crippen LogP contribution in [0.2, 0.25) is 0 Å². The van der Waals surface area contributed by atoms with Gasteiger partial charge in [0.1, 0.15) is 5.82 Å². The molecule has 4 rings (SSSR count). The van der Waals surface area contributed by atoms with Gasteiger partial charge in [0.25, 0.3) is 5.91 Å². The number of aromatic nitrogens is 2. The van der Waals surface area contributed by atoms with E-state index in [-0.39, 0.29) is 29.3 Å². The zero-order valence-corrected chi connectivity index (χ0v) is 16.0. The molecule has 6 nitrogen and oxygen atoms in total. The van der Waals surface area contributed by atoms with Crippen molar-refractivity contribution >= 4 is 35.3 Å². The fourth-order valence-corrected chi connectivity index (χ4v) is 3.22. The van der Waals surface area contributed by atoms with Gasteiger partial charge >= 0.3 is 0 Å². The van der Waals surface area contributed by atoms with Gasteiger partial charge in [0.05, 0.1) is 16.9 Å². The van der Waals surface area contributed by atoms with Gasteiger partial charge in [0.15, 0.2) is 11.5 Å². The van der Waals surface area contributed by atoms with Crippen molar-refractivity contribution < 1.29 is 13.6 Å². The minimum absolute atomic E-state index is 0. The maximum atomic E-state index is 14.5. The Balaban J connectivity index is 0.00000225. The van der Waals surface area contributed by atoms with Gasteiger partial charge in [-0.25, -0.2) is 13.8 Å². The molecule has 0 aliphatic carbocycles. The lowest BCUT2D eigenvalue weighted by molar-refractivity contribution is 0.102. The van der Waals surface area contributed by atoms with E-state index in [1.807, 2.05) is 0 Å². The predicted octanol–water partition coefficient (Wildman–Crippen LogP) is 3.00. The summed E-state index contributed by atoms with van der Waals surface area (Å²) in [5.41, 5.74) is 1.70. The molecule has 28 heavy (non-hydrogen) atoms. The third-order valence-electron chi connectivity index (χ3n) is 4.57. The van der Waals surface area contributed by atoms with Crippen molar-refractivity contribution in [2.24, 2.45) is 0 Å². The summed E-state index contributed by atoms with van der Waals surface area (Å²) >= 11 is 0. The highest BCUT2D eigenvalue weighted by Gasteiger charge is 2.16. The second-order valence-electron chi connectivity index (χ2n) is 6.55. The number of anilines is 2. The van der Waals surface area contributed by atoms with Crippen LogP contribution in [-0.2, 0) is 0 Å². The molecular weight excluding hydrogens is 388 g/mol. The van der Waals surface area contributed by atoms with Crippen LogP contribution in [0.3, 0.4) is 0 Å². The maximum absolute atomic E-state index is 14.5. The summed E-state index contributed by atoms with van der Waals surface area (Å²) < 4.78 is 30.1. The molecule has 1 amide bonds. The molecule has 148 valence electrons. The van der Waals surface area contributed by atoms with Crippen LogP contribution in [0.25, 0.3) is 5.65 Å². The van der Waals surface area contributed by atoms with Crippen LogP contribution in [0.1, 0.15) is 16.1 Å². The van der Waals surface area contributed by atoms with Gasteiger partial charge in [-0.2, -0.15) is 0 Å². The topological polar surface area (TPSA) is 61.7 Å². The number of halogens is 3. The number of imidazole rings is 1. The van der Waals surface area contributed by atoms with Crippen LogP contribution >= 0.6 is 12.4 Å². The highest BCUT2D eigenvalue weighted by Crippen LogP contribution is 2.23. The number of hydrogen-bond donors (Lipinski definition) is 2. The van der Waals surface area contributed by atoms with Crippen molar-refractivity contribution in [1.82, 2.24) is 14.7 Å². The Morgan fingerprint density at radius 2 is 1.89 bits per heavy atom. The smallest absolute Gasteiger partial charge is 0.257 e. The van der Waals surface area contributed by atoms with E-state index in [0.29, 0.717) is 5.69 Å². The number of hydrogen-bond acceptors (Lipinski definition) is 4. The van der Waals surface area contributed by atoms with Crippen LogP contribution in [0, 0.1) is 18.6 Å². The molecule has 1 aliphatic heterocycles. The zero-order valence-electron chi connectivity index (χ0n) is 15.2. The average Bonchev–Trinajstić information content (AvgIpc) is 3.05. The van der Waals surface area contributed by atoms with E-state index >= 15 is 0 Å². The third kappa shape index (κ3) is 3.93. The predicted molar refractivity (Wildman–Crippen MR) is 107 cm³/mol. The van der Waals surface area contributed by atoms with Crippen LogP contribution < -0.4 is 15.5 Å². The van der Waals surface area contributed by atoms with Gasteiger partial charge < -0.3 is 19.9 Å². The first-order valence-corrected chi connectivity index (χ1v) is 8.73. The number of nitrogens with one attached hydrogen (secondary N) is 2. The Bertz CT molecular complexity index is 1020. The highest BCUT2D eigenvalue weighted by atomic mass is 35.5. The van der Waals surface area contributed by atoms with Crippen molar-refractivity contribution in [2.45, 2.75) is 6.92 Å². The molecule has 9 heteroatoms. The molecule has 0 atom stereocenters. The first-order valence-electron chi connectivity index (χ1n) is 8.73. The van der Waals surface area contributed by atoms with Crippen LogP contribution in [0.15, 0.2) is 36.7 Å². The number of nitrogens with zero attached hydrogens (tertiary/aromatic N) is 3. The molecule has 1 fully saturated rings. The molecule has 0 unspecified atom stereocenters. The van der Waals surface area contributed by atoms with E-state index in [0.717, 1.165) is 37.9 Å². The number of aryl methyl sites for hydroxylation is 1. The molecular formula is C19H20ClF2N5O. The Labute approximate surface area is 167 Å². The van der Waals surface area contributed by atoms with Crippen molar-refractivity contribution in [3.63, 3.8) is 0 Å². The molecule has 1 aromatic carbocycles. The van der Waals surface area contributed by atoms with E-state index in [4.69, 9.17) is 0 Å². The number of carbonyl (C=O) groups excluding carboxylic acids is 1. The summed E-state index contributed by atoms with van der Waals surface area (Å²) in [6, 6.07) is 5.81. The summed E-state index contributed by atoms with van der Waals surface area (Å²) in [7, 11) is 0. The lowest BCUT2D eigenvalue weighted by Gasteiger charge is -2.29. The fraction of sp³-hybridized carbons (Fsp3) is 0.263. The van der Waals surface area contributed by atoms with E-state index in [1.54, 1.807) is 19.2 Å². The minimum Gasteiger partial charge on any atom is -0.369 e. The molecule has 0 bridgehead atoms. The van der Waals surface area contributed by atoms with Gasteiger partial charge in [0.2, 0.25) is 0 Å². The fourth-order valence-electron chi connectivity index (χ4n) is 3.22. The largest absolute Gasteiger partial charge is 0.369 e. The Hall–Kier alpha value is -2.71. The first-order chi connectivity index (χ1) is 13.0. The van der Waals surface area contributed by atoms with Gasteiger partial charge in [-0.3, -0.25) is 4.79 Å². The second kappa shape index (κ2) is 8.12. The van der Waals surface area contributed by atoms with E-state index in [2.05, 4.69) is 20.5 Å². The summed E-state index contributed by atoms with van der Waals surface area (Å²) in [5.74, 6) is -1.72.